The van der Waals surface area contributed by atoms with Crippen molar-refractivity contribution in [1.82, 2.24) is 14.3 Å². The molecule has 3 aromatic rings. The topological polar surface area (TPSA) is 87.8 Å². The van der Waals surface area contributed by atoms with E-state index < -0.39 is 21.7 Å². The third-order valence-electron chi connectivity index (χ3n) is 6.35. The van der Waals surface area contributed by atoms with Gasteiger partial charge in [0.2, 0.25) is 10.0 Å². The number of aromatic nitrogens is 2. The van der Waals surface area contributed by atoms with Crippen LogP contribution in [0.4, 0.5) is 13.2 Å². The average molecular weight is 491 g/mol. The molecule has 10 heteroatoms. The van der Waals surface area contributed by atoms with Crippen molar-refractivity contribution in [1.29, 1.82) is 5.26 Å². The van der Waals surface area contributed by atoms with Crippen molar-refractivity contribution in [2.75, 3.05) is 0 Å². The van der Waals surface area contributed by atoms with E-state index in [0.717, 1.165) is 62.2 Å². The summed E-state index contributed by atoms with van der Waals surface area (Å²) in [5.74, 6) is 0. The first-order valence-corrected chi connectivity index (χ1v) is 12.5. The van der Waals surface area contributed by atoms with Gasteiger partial charge in [0.1, 0.15) is 16.5 Å². The molecule has 0 spiro atoms. The van der Waals surface area contributed by atoms with Crippen LogP contribution in [-0.4, -0.2) is 29.7 Å². The van der Waals surface area contributed by atoms with Crippen LogP contribution in [0.5, 0.6) is 0 Å². The lowest BCUT2D eigenvalue weighted by Crippen LogP contribution is -2.54. The lowest BCUT2D eigenvalue weighted by atomic mass is 10.1. The predicted octanol–water partition coefficient (Wildman–Crippen LogP) is 5.62. The second-order valence-corrected chi connectivity index (χ2v) is 11.0. The number of aryl methyl sites for hydroxylation is 1. The minimum atomic E-state index is -4.77. The summed E-state index contributed by atoms with van der Waals surface area (Å²) in [4.78, 5) is 3.91. The molecule has 4 rings (SSSR count). The van der Waals surface area contributed by atoms with E-state index in [1.807, 2.05) is 25.1 Å². The number of pyridine rings is 1. The highest BCUT2D eigenvalue weighted by Gasteiger charge is 2.49. The summed E-state index contributed by atoms with van der Waals surface area (Å²) in [5, 5.41) is 10.8. The zero-order valence-electron chi connectivity index (χ0n) is 19.1. The second kappa shape index (κ2) is 8.40. The van der Waals surface area contributed by atoms with E-state index >= 15 is 0 Å². The van der Waals surface area contributed by atoms with Crippen molar-refractivity contribution in [2.45, 2.75) is 69.1 Å². The standard InChI is InChI=1S/C24H25F3N4O2S/c1-15-8-10-18-19(13-28)22(31(21(18)12-15)16-6-4-5-7-16)20-11-9-17(14-29-20)34(32,33)30-23(2,3)24(25,26)27/h8-12,14,16,30H,4-7H2,1-3H3. The summed E-state index contributed by atoms with van der Waals surface area (Å²) in [7, 11) is -4.48. The highest BCUT2D eigenvalue weighted by Crippen LogP contribution is 2.41. The van der Waals surface area contributed by atoms with Crippen LogP contribution >= 0.6 is 0 Å². The smallest absolute Gasteiger partial charge is 0.335 e. The minimum Gasteiger partial charge on any atom is -0.335 e. The van der Waals surface area contributed by atoms with E-state index in [1.165, 1.54) is 12.1 Å². The van der Waals surface area contributed by atoms with Crippen LogP contribution in [0.15, 0.2) is 41.4 Å². The first kappa shape index (κ1) is 24.2. The van der Waals surface area contributed by atoms with Gasteiger partial charge in [0.05, 0.1) is 22.5 Å². The number of fused-ring (bicyclic) bond motifs is 1. The molecule has 1 N–H and O–H groups in total. The number of benzene rings is 1. The fraction of sp³-hybridized carbons (Fsp3) is 0.417. The molecule has 6 nitrogen and oxygen atoms in total. The summed E-state index contributed by atoms with van der Waals surface area (Å²) in [6.07, 6.45) is 0.325. The van der Waals surface area contributed by atoms with Gasteiger partial charge in [-0.25, -0.2) is 8.42 Å². The lowest BCUT2D eigenvalue weighted by Gasteiger charge is -2.28. The molecule has 0 bridgehead atoms. The van der Waals surface area contributed by atoms with Gasteiger partial charge >= 0.3 is 6.18 Å². The Morgan fingerprint density at radius 3 is 2.38 bits per heavy atom. The van der Waals surface area contributed by atoms with Gasteiger partial charge < -0.3 is 4.57 Å². The van der Waals surface area contributed by atoms with E-state index in [1.54, 1.807) is 4.72 Å². The third kappa shape index (κ3) is 4.18. The van der Waals surface area contributed by atoms with Gasteiger partial charge in [0.25, 0.3) is 0 Å². The van der Waals surface area contributed by atoms with Crippen LogP contribution in [0.25, 0.3) is 22.3 Å². The molecular weight excluding hydrogens is 465 g/mol. The van der Waals surface area contributed by atoms with Crippen LogP contribution in [0.3, 0.4) is 0 Å². The largest absolute Gasteiger partial charge is 0.407 e. The fourth-order valence-corrected chi connectivity index (χ4v) is 5.80. The zero-order valence-corrected chi connectivity index (χ0v) is 19.9. The predicted molar refractivity (Wildman–Crippen MR) is 123 cm³/mol. The van der Waals surface area contributed by atoms with Crippen molar-refractivity contribution in [3.05, 3.63) is 47.7 Å². The third-order valence-corrected chi connectivity index (χ3v) is 7.99. The molecule has 34 heavy (non-hydrogen) atoms. The van der Waals surface area contributed by atoms with Gasteiger partial charge in [-0.3, -0.25) is 4.98 Å². The molecule has 0 aliphatic heterocycles. The molecule has 1 fully saturated rings. The number of rotatable bonds is 5. The molecule has 0 atom stereocenters. The number of nitrogens with zero attached hydrogens (tertiary/aromatic N) is 3. The number of alkyl halides is 3. The first-order valence-electron chi connectivity index (χ1n) is 11.0. The first-order chi connectivity index (χ1) is 15.9. The Morgan fingerprint density at radius 1 is 1.15 bits per heavy atom. The van der Waals surface area contributed by atoms with E-state index in [9.17, 15) is 26.9 Å². The molecule has 2 heterocycles. The van der Waals surface area contributed by atoms with Crippen LogP contribution < -0.4 is 4.72 Å². The SMILES string of the molecule is Cc1ccc2c(C#N)c(-c3ccc(S(=O)(=O)NC(C)(C)C(F)(F)F)cn3)n(C3CCCC3)c2c1. The molecular formula is C24H25F3N4O2S. The Hall–Kier alpha value is -2.90. The number of nitrogens with one attached hydrogen (secondary N) is 1. The minimum absolute atomic E-state index is 0.181. The van der Waals surface area contributed by atoms with Crippen molar-refractivity contribution in [2.24, 2.45) is 0 Å². The van der Waals surface area contributed by atoms with Gasteiger partial charge in [-0.1, -0.05) is 25.0 Å². The summed E-state index contributed by atoms with van der Waals surface area (Å²) >= 11 is 0. The fourth-order valence-electron chi connectivity index (χ4n) is 4.46. The Bertz CT molecular complexity index is 1380. The maximum atomic E-state index is 13.2. The summed E-state index contributed by atoms with van der Waals surface area (Å²) in [6.45, 7) is 3.49. The molecule has 0 radical (unpaired) electrons. The molecule has 180 valence electrons. The van der Waals surface area contributed by atoms with Gasteiger partial charge in [0, 0.05) is 17.6 Å². The van der Waals surface area contributed by atoms with Crippen molar-refractivity contribution in [3.63, 3.8) is 0 Å². The quantitative estimate of drug-likeness (QED) is 0.503. The second-order valence-electron chi connectivity index (χ2n) is 9.27. The summed E-state index contributed by atoms with van der Waals surface area (Å²) in [6, 6.07) is 11.0. The van der Waals surface area contributed by atoms with E-state index in [-0.39, 0.29) is 10.9 Å². The Morgan fingerprint density at radius 2 is 1.82 bits per heavy atom. The van der Waals surface area contributed by atoms with Crippen LogP contribution in [0, 0.1) is 18.3 Å². The number of sulfonamides is 1. The molecule has 1 saturated carbocycles. The highest BCUT2D eigenvalue weighted by atomic mass is 32.2. The Balaban J connectivity index is 1.82. The van der Waals surface area contributed by atoms with Crippen molar-refractivity contribution >= 4 is 20.9 Å². The van der Waals surface area contributed by atoms with E-state index in [0.29, 0.717) is 17.0 Å². The number of nitriles is 1. The molecule has 0 unspecified atom stereocenters. The van der Waals surface area contributed by atoms with E-state index in [4.69, 9.17) is 0 Å². The van der Waals surface area contributed by atoms with Gasteiger partial charge in [0.15, 0.2) is 0 Å². The van der Waals surface area contributed by atoms with Crippen molar-refractivity contribution < 1.29 is 21.6 Å². The lowest BCUT2D eigenvalue weighted by molar-refractivity contribution is -0.180. The van der Waals surface area contributed by atoms with Crippen LogP contribution in [-0.2, 0) is 10.0 Å². The molecule has 1 aliphatic rings. The monoisotopic (exact) mass is 490 g/mol. The Kier molecular flexibility index (Phi) is 5.98. The van der Waals surface area contributed by atoms with Gasteiger partial charge in [-0.2, -0.15) is 23.2 Å². The molecule has 1 aliphatic carbocycles. The number of halogens is 3. The van der Waals surface area contributed by atoms with Gasteiger partial charge in [-0.15, -0.1) is 0 Å². The average Bonchev–Trinajstić information content (AvgIpc) is 3.37. The number of hydrogen-bond donors (Lipinski definition) is 1. The Labute approximate surface area is 196 Å². The summed E-state index contributed by atoms with van der Waals surface area (Å²) < 4.78 is 68.6. The molecule has 0 amide bonds. The van der Waals surface area contributed by atoms with Gasteiger partial charge in [-0.05, 0) is 57.4 Å². The zero-order chi connectivity index (χ0) is 24.9. The molecule has 0 saturated heterocycles. The highest BCUT2D eigenvalue weighted by molar-refractivity contribution is 7.89. The normalized spacial score (nSPS) is 15.7. The van der Waals surface area contributed by atoms with Crippen LogP contribution in [0.2, 0.25) is 0 Å². The number of hydrogen-bond acceptors (Lipinski definition) is 4. The van der Waals surface area contributed by atoms with Crippen LogP contribution in [0.1, 0.15) is 56.7 Å². The van der Waals surface area contributed by atoms with Crippen molar-refractivity contribution in [3.8, 4) is 17.5 Å². The maximum absolute atomic E-state index is 13.2. The molecule has 2 aromatic heterocycles. The van der Waals surface area contributed by atoms with E-state index in [2.05, 4.69) is 15.6 Å². The molecule has 1 aromatic carbocycles. The maximum Gasteiger partial charge on any atom is 0.407 e. The summed E-state index contributed by atoms with van der Waals surface area (Å²) in [5.41, 5.74) is 0.763.